The van der Waals surface area contributed by atoms with Gasteiger partial charge in [-0.05, 0) is 6.92 Å². The largest absolute Gasteiger partial charge is 0.382 e. The third kappa shape index (κ3) is 1.46. The molecule has 86 valence electrons. The molecule has 8 heteroatoms. The Hall–Kier alpha value is -2.64. The highest BCUT2D eigenvalue weighted by Gasteiger charge is 2.09. The number of fused-ring (bicyclic) bond motifs is 1. The predicted octanol–water partition coefficient (Wildman–Crippen LogP) is -0.302. The molecule has 8 nitrogen and oxygen atoms in total. The number of rotatable bonds is 1. The van der Waals surface area contributed by atoms with E-state index in [1.165, 1.54) is 10.6 Å². The van der Waals surface area contributed by atoms with Crippen molar-refractivity contribution >= 4 is 11.6 Å². The van der Waals surface area contributed by atoms with Crippen molar-refractivity contribution in [1.82, 2.24) is 29.8 Å². The second kappa shape index (κ2) is 3.17. The van der Waals surface area contributed by atoms with E-state index in [-0.39, 0.29) is 5.56 Å². The van der Waals surface area contributed by atoms with Gasteiger partial charge in [0.1, 0.15) is 11.5 Å². The van der Waals surface area contributed by atoms with Crippen molar-refractivity contribution in [2.24, 2.45) is 0 Å². The zero-order valence-electron chi connectivity index (χ0n) is 8.93. The fraction of sp³-hybridized carbons (Fsp3) is 0.111. The first-order chi connectivity index (χ1) is 8.13. The molecule has 0 spiro atoms. The van der Waals surface area contributed by atoms with Gasteiger partial charge in [-0.2, -0.15) is 14.6 Å². The molecule has 0 aliphatic carbocycles. The van der Waals surface area contributed by atoms with Crippen molar-refractivity contribution in [3.05, 3.63) is 28.2 Å². The summed E-state index contributed by atoms with van der Waals surface area (Å²) >= 11 is 0. The topological polar surface area (TPSA) is 118 Å². The van der Waals surface area contributed by atoms with Crippen LogP contribution < -0.4 is 11.3 Å². The van der Waals surface area contributed by atoms with Crippen molar-refractivity contribution in [2.45, 2.75) is 6.92 Å². The highest BCUT2D eigenvalue weighted by molar-refractivity contribution is 5.55. The standard InChI is InChI=1S/C9H9N7O/c1-4-2-7(17)16-9(11-4)12-8(15-16)5-3-6(10)14-13-5/h2-3H,1H3,(H3,10,13,14)(H,11,12,15). The van der Waals surface area contributed by atoms with Gasteiger partial charge in [-0.25, -0.2) is 4.98 Å². The number of nitrogens with one attached hydrogen (secondary N) is 2. The Morgan fingerprint density at radius 1 is 1.35 bits per heavy atom. The number of H-pyrrole nitrogens is 2. The number of aromatic amines is 2. The van der Waals surface area contributed by atoms with Gasteiger partial charge >= 0.3 is 0 Å². The maximum absolute atomic E-state index is 11.7. The van der Waals surface area contributed by atoms with Crippen LogP contribution >= 0.6 is 0 Å². The fourth-order valence-electron chi connectivity index (χ4n) is 1.57. The second-order valence-corrected chi connectivity index (χ2v) is 3.65. The van der Waals surface area contributed by atoms with Crippen molar-refractivity contribution in [3.8, 4) is 11.5 Å². The van der Waals surface area contributed by atoms with Gasteiger partial charge < -0.3 is 5.73 Å². The molecule has 0 bridgehead atoms. The van der Waals surface area contributed by atoms with Crippen LogP contribution in [0.3, 0.4) is 0 Å². The van der Waals surface area contributed by atoms with E-state index in [2.05, 4.69) is 25.3 Å². The Morgan fingerprint density at radius 2 is 2.18 bits per heavy atom. The third-order valence-electron chi connectivity index (χ3n) is 2.31. The lowest BCUT2D eigenvalue weighted by Gasteiger charge is -1.90. The van der Waals surface area contributed by atoms with Gasteiger partial charge in [-0.3, -0.25) is 15.0 Å². The zero-order valence-corrected chi connectivity index (χ0v) is 8.93. The molecular weight excluding hydrogens is 222 g/mol. The quantitative estimate of drug-likeness (QED) is 0.531. The second-order valence-electron chi connectivity index (χ2n) is 3.65. The summed E-state index contributed by atoms with van der Waals surface area (Å²) in [4.78, 5) is 20.0. The molecule has 3 aromatic heterocycles. The van der Waals surface area contributed by atoms with Crippen LogP contribution in [0, 0.1) is 6.92 Å². The predicted molar refractivity (Wildman–Crippen MR) is 60.3 cm³/mol. The maximum atomic E-state index is 11.7. The Morgan fingerprint density at radius 3 is 2.88 bits per heavy atom. The monoisotopic (exact) mass is 231 g/mol. The highest BCUT2D eigenvalue weighted by Crippen LogP contribution is 2.13. The van der Waals surface area contributed by atoms with Crippen LogP contribution in [0.5, 0.6) is 0 Å². The maximum Gasteiger partial charge on any atom is 0.274 e. The van der Waals surface area contributed by atoms with Crippen molar-refractivity contribution in [1.29, 1.82) is 0 Å². The van der Waals surface area contributed by atoms with Gasteiger partial charge in [-0.1, -0.05) is 0 Å². The van der Waals surface area contributed by atoms with E-state index in [4.69, 9.17) is 5.73 Å². The molecule has 0 atom stereocenters. The minimum atomic E-state index is -0.210. The van der Waals surface area contributed by atoms with Gasteiger partial charge in [0, 0.05) is 17.8 Å². The summed E-state index contributed by atoms with van der Waals surface area (Å²) in [5, 5.41) is 9.32. The Labute approximate surface area is 94.5 Å². The van der Waals surface area contributed by atoms with Crippen LogP contribution in [0.15, 0.2) is 16.9 Å². The molecule has 0 saturated carbocycles. The lowest BCUT2D eigenvalue weighted by molar-refractivity contribution is 0.889. The van der Waals surface area contributed by atoms with E-state index >= 15 is 0 Å². The third-order valence-corrected chi connectivity index (χ3v) is 2.31. The van der Waals surface area contributed by atoms with Crippen LogP contribution in [0.1, 0.15) is 5.69 Å². The van der Waals surface area contributed by atoms with Gasteiger partial charge in [0.15, 0.2) is 5.82 Å². The SMILES string of the molecule is Cc1cc(=O)n2[nH]c(-c3cc(N)n[nH]3)nc2n1. The first kappa shape index (κ1) is 9.58. The lowest BCUT2D eigenvalue weighted by atomic mass is 10.4. The molecule has 4 N–H and O–H groups in total. The highest BCUT2D eigenvalue weighted by atomic mass is 16.1. The fourth-order valence-corrected chi connectivity index (χ4v) is 1.57. The number of hydrogen-bond acceptors (Lipinski definition) is 5. The normalized spacial score (nSPS) is 11.1. The molecular formula is C9H9N7O. The molecule has 0 amide bonds. The molecule has 17 heavy (non-hydrogen) atoms. The van der Waals surface area contributed by atoms with E-state index in [0.29, 0.717) is 28.8 Å². The summed E-state index contributed by atoms with van der Waals surface area (Å²) in [6.07, 6.45) is 0. The summed E-state index contributed by atoms with van der Waals surface area (Å²) in [6, 6.07) is 3.05. The molecule has 0 fully saturated rings. The number of aromatic nitrogens is 6. The lowest BCUT2D eigenvalue weighted by Crippen LogP contribution is -2.14. The number of hydrogen-bond donors (Lipinski definition) is 3. The molecule has 3 aromatic rings. The summed E-state index contributed by atoms with van der Waals surface area (Å²) in [6.45, 7) is 1.74. The smallest absolute Gasteiger partial charge is 0.274 e. The molecule has 0 radical (unpaired) electrons. The molecule has 0 aromatic carbocycles. The molecule has 3 rings (SSSR count). The Bertz CT molecular complexity index is 750. The molecule has 3 heterocycles. The van der Waals surface area contributed by atoms with Crippen LogP contribution in [0.25, 0.3) is 17.3 Å². The van der Waals surface area contributed by atoms with Gasteiger partial charge in [0.05, 0.1) is 0 Å². The summed E-state index contributed by atoms with van der Waals surface area (Å²) in [5.41, 5.74) is 6.51. The van der Waals surface area contributed by atoms with E-state index in [0.717, 1.165) is 0 Å². The Kier molecular flexibility index (Phi) is 1.79. The molecule has 0 aliphatic heterocycles. The van der Waals surface area contributed by atoms with Crippen LogP contribution in [0.4, 0.5) is 5.82 Å². The molecule has 0 unspecified atom stereocenters. The van der Waals surface area contributed by atoms with E-state index in [9.17, 15) is 4.79 Å². The van der Waals surface area contributed by atoms with Crippen LogP contribution in [0.2, 0.25) is 0 Å². The van der Waals surface area contributed by atoms with Crippen LogP contribution in [-0.2, 0) is 0 Å². The Balaban J connectivity index is 2.27. The first-order valence-electron chi connectivity index (χ1n) is 4.91. The van der Waals surface area contributed by atoms with E-state index in [1.807, 2.05) is 0 Å². The number of nitrogens with zero attached hydrogens (tertiary/aromatic N) is 4. The first-order valence-corrected chi connectivity index (χ1v) is 4.91. The van der Waals surface area contributed by atoms with Crippen LogP contribution in [-0.4, -0.2) is 29.8 Å². The number of aryl methyl sites for hydroxylation is 1. The van der Waals surface area contributed by atoms with Crippen molar-refractivity contribution in [2.75, 3.05) is 5.73 Å². The summed E-state index contributed by atoms with van der Waals surface area (Å²) < 4.78 is 1.26. The van der Waals surface area contributed by atoms with Gasteiger partial charge in [0.25, 0.3) is 11.3 Å². The number of nitrogens with two attached hydrogens (primary N) is 1. The molecule has 0 saturated heterocycles. The molecule has 0 aliphatic rings. The van der Waals surface area contributed by atoms with Crippen molar-refractivity contribution in [3.63, 3.8) is 0 Å². The number of nitrogen functional groups attached to an aromatic ring is 1. The average molecular weight is 231 g/mol. The van der Waals surface area contributed by atoms with Gasteiger partial charge in [0.2, 0.25) is 0 Å². The number of anilines is 1. The summed E-state index contributed by atoms with van der Waals surface area (Å²) in [5.74, 6) is 1.14. The average Bonchev–Trinajstić information content (AvgIpc) is 2.83. The van der Waals surface area contributed by atoms with Crippen molar-refractivity contribution < 1.29 is 0 Å². The minimum Gasteiger partial charge on any atom is -0.382 e. The summed E-state index contributed by atoms with van der Waals surface area (Å²) in [7, 11) is 0. The zero-order chi connectivity index (χ0) is 12.0. The van der Waals surface area contributed by atoms with Gasteiger partial charge in [-0.15, -0.1) is 0 Å². The van der Waals surface area contributed by atoms with E-state index in [1.54, 1.807) is 13.0 Å². The minimum absolute atomic E-state index is 0.210. The van der Waals surface area contributed by atoms with E-state index < -0.39 is 0 Å².